The van der Waals surface area contributed by atoms with Crippen LogP contribution in [0.25, 0.3) is 0 Å². The van der Waals surface area contributed by atoms with Crippen molar-refractivity contribution in [2.24, 2.45) is 11.8 Å². The SMILES string of the molecule is CN1CC[C@@H]2CN(C(=O)CCc3ccc4c(c3)OCO4)C[C@@H]2C1=O. The van der Waals surface area contributed by atoms with E-state index in [-0.39, 0.29) is 24.5 Å². The van der Waals surface area contributed by atoms with Crippen LogP contribution in [0.2, 0.25) is 0 Å². The maximum absolute atomic E-state index is 12.5. The van der Waals surface area contributed by atoms with Crippen molar-refractivity contribution in [3.05, 3.63) is 23.8 Å². The van der Waals surface area contributed by atoms with Gasteiger partial charge in [-0.15, -0.1) is 0 Å². The van der Waals surface area contributed by atoms with Gasteiger partial charge in [-0.1, -0.05) is 6.07 Å². The zero-order valence-corrected chi connectivity index (χ0v) is 13.9. The molecular formula is C18H22N2O4. The van der Waals surface area contributed by atoms with Crippen LogP contribution in [-0.2, 0) is 16.0 Å². The summed E-state index contributed by atoms with van der Waals surface area (Å²) in [7, 11) is 1.85. The van der Waals surface area contributed by atoms with Crippen molar-refractivity contribution in [2.75, 3.05) is 33.5 Å². The maximum atomic E-state index is 12.5. The Morgan fingerprint density at radius 1 is 1.25 bits per heavy atom. The number of rotatable bonds is 3. The number of nitrogens with zero attached hydrogens (tertiary/aromatic N) is 2. The fraction of sp³-hybridized carbons (Fsp3) is 0.556. The van der Waals surface area contributed by atoms with Gasteiger partial charge in [-0.2, -0.15) is 0 Å². The Kier molecular flexibility index (Phi) is 3.82. The van der Waals surface area contributed by atoms with Crippen LogP contribution >= 0.6 is 0 Å². The number of benzene rings is 1. The molecule has 0 radical (unpaired) electrons. The summed E-state index contributed by atoms with van der Waals surface area (Å²) in [6.45, 7) is 2.37. The van der Waals surface area contributed by atoms with Crippen LogP contribution in [0.1, 0.15) is 18.4 Å². The Morgan fingerprint density at radius 2 is 2.08 bits per heavy atom. The van der Waals surface area contributed by atoms with E-state index in [0.29, 0.717) is 25.3 Å². The van der Waals surface area contributed by atoms with Crippen LogP contribution in [0, 0.1) is 11.8 Å². The Labute approximate surface area is 141 Å². The summed E-state index contributed by atoms with van der Waals surface area (Å²) in [6.07, 6.45) is 2.14. The van der Waals surface area contributed by atoms with Crippen LogP contribution in [-0.4, -0.2) is 55.1 Å². The summed E-state index contributed by atoms with van der Waals surface area (Å²) < 4.78 is 10.7. The molecule has 2 atom stereocenters. The lowest BCUT2D eigenvalue weighted by Gasteiger charge is -2.30. The van der Waals surface area contributed by atoms with Crippen LogP contribution in [0.5, 0.6) is 11.5 Å². The molecule has 0 aliphatic carbocycles. The van der Waals surface area contributed by atoms with E-state index in [0.717, 1.165) is 36.6 Å². The van der Waals surface area contributed by atoms with E-state index in [4.69, 9.17) is 9.47 Å². The second-order valence-corrected chi connectivity index (χ2v) is 6.90. The van der Waals surface area contributed by atoms with Crippen LogP contribution in [0.15, 0.2) is 18.2 Å². The highest BCUT2D eigenvalue weighted by molar-refractivity contribution is 5.83. The van der Waals surface area contributed by atoms with E-state index in [1.807, 2.05) is 30.1 Å². The highest BCUT2D eigenvalue weighted by Gasteiger charge is 2.42. The van der Waals surface area contributed by atoms with Gasteiger partial charge in [-0.25, -0.2) is 0 Å². The average molecular weight is 330 g/mol. The number of carbonyl (C=O) groups excluding carboxylic acids is 2. The van der Waals surface area contributed by atoms with Gasteiger partial charge in [-0.3, -0.25) is 9.59 Å². The minimum absolute atomic E-state index is 0.00163. The molecule has 0 N–H and O–H groups in total. The fourth-order valence-electron chi connectivity index (χ4n) is 3.91. The van der Waals surface area contributed by atoms with Gasteiger partial charge in [0.1, 0.15) is 0 Å². The van der Waals surface area contributed by atoms with Crippen LogP contribution in [0.3, 0.4) is 0 Å². The van der Waals surface area contributed by atoms with Crippen molar-refractivity contribution < 1.29 is 19.1 Å². The second kappa shape index (κ2) is 6.00. The first kappa shape index (κ1) is 15.3. The van der Waals surface area contributed by atoms with Gasteiger partial charge < -0.3 is 19.3 Å². The van der Waals surface area contributed by atoms with Crippen LogP contribution in [0.4, 0.5) is 0 Å². The molecule has 2 saturated heterocycles. The highest BCUT2D eigenvalue weighted by atomic mass is 16.7. The Morgan fingerprint density at radius 3 is 2.96 bits per heavy atom. The van der Waals surface area contributed by atoms with Gasteiger partial charge in [-0.05, 0) is 36.5 Å². The molecule has 24 heavy (non-hydrogen) atoms. The van der Waals surface area contributed by atoms with Gasteiger partial charge in [0.25, 0.3) is 0 Å². The molecule has 6 nitrogen and oxygen atoms in total. The normalized spacial score (nSPS) is 25.1. The zero-order valence-electron chi connectivity index (χ0n) is 13.9. The Bertz CT molecular complexity index is 675. The molecular weight excluding hydrogens is 308 g/mol. The van der Waals surface area contributed by atoms with Gasteiger partial charge in [0, 0.05) is 33.1 Å². The molecule has 6 heteroatoms. The number of aryl methyl sites for hydroxylation is 1. The van der Waals surface area contributed by atoms with Crippen molar-refractivity contribution in [1.82, 2.24) is 9.80 Å². The minimum Gasteiger partial charge on any atom is -0.454 e. The van der Waals surface area contributed by atoms with E-state index in [9.17, 15) is 9.59 Å². The monoisotopic (exact) mass is 330 g/mol. The summed E-state index contributed by atoms with van der Waals surface area (Å²) in [6, 6.07) is 5.81. The van der Waals surface area contributed by atoms with E-state index >= 15 is 0 Å². The highest BCUT2D eigenvalue weighted by Crippen LogP contribution is 2.34. The lowest BCUT2D eigenvalue weighted by Crippen LogP contribution is -2.42. The van der Waals surface area contributed by atoms with E-state index < -0.39 is 0 Å². The zero-order chi connectivity index (χ0) is 16.7. The largest absolute Gasteiger partial charge is 0.454 e. The molecule has 2 amide bonds. The molecule has 1 aromatic rings. The molecule has 0 spiro atoms. The first-order chi connectivity index (χ1) is 11.6. The number of fused-ring (bicyclic) bond motifs is 2. The summed E-state index contributed by atoms with van der Waals surface area (Å²) in [5.74, 6) is 2.17. The van der Waals surface area contributed by atoms with Gasteiger partial charge in [0.15, 0.2) is 11.5 Å². The van der Waals surface area contributed by atoms with Crippen molar-refractivity contribution in [3.8, 4) is 11.5 Å². The molecule has 0 aromatic heterocycles. The molecule has 3 aliphatic rings. The molecule has 0 unspecified atom stereocenters. The number of likely N-dealkylation sites (tertiary alicyclic amines) is 2. The molecule has 3 heterocycles. The number of ether oxygens (including phenoxy) is 2. The third-order valence-electron chi connectivity index (χ3n) is 5.39. The number of hydrogen-bond acceptors (Lipinski definition) is 4. The number of carbonyl (C=O) groups is 2. The molecule has 4 rings (SSSR count). The smallest absolute Gasteiger partial charge is 0.231 e. The lowest BCUT2D eigenvalue weighted by atomic mass is 9.88. The lowest BCUT2D eigenvalue weighted by molar-refractivity contribution is -0.138. The predicted molar refractivity (Wildman–Crippen MR) is 86.7 cm³/mol. The first-order valence-electron chi connectivity index (χ1n) is 8.53. The van der Waals surface area contributed by atoms with Crippen molar-refractivity contribution >= 4 is 11.8 Å². The molecule has 0 bridgehead atoms. The summed E-state index contributed by atoms with van der Waals surface area (Å²) in [5.41, 5.74) is 1.07. The number of piperidine rings is 1. The first-order valence-corrected chi connectivity index (χ1v) is 8.53. The summed E-state index contributed by atoms with van der Waals surface area (Å²) in [4.78, 5) is 28.4. The molecule has 0 saturated carbocycles. The summed E-state index contributed by atoms with van der Waals surface area (Å²) >= 11 is 0. The van der Waals surface area contributed by atoms with Crippen molar-refractivity contribution in [2.45, 2.75) is 19.3 Å². The molecule has 3 aliphatic heterocycles. The van der Waals surface area contributed by atoms with E-state index in [1.54, 1.807) is 4.90 Å². The standard InChI is InChI=1S/C18H22N2O4/c1-19-7-6-13-9-20(10-14(13)18(19)22)17(21)5-3-12-2-4-15-16(8-12)24-11-23-15/h2,4,8,13-14H,3,5-7,9-11H2,1H3/t13-,14+/m1/s1. The molecule has 128 valence electrons. The second-order valence-electron chi connectivity index (χ2n) is 6.90. The van der Waals surface area contributed by atoms with Crippen molar-refractivity contribution in [3.63, 3.8) is 0 Å². The third-order valence-corrected chi connectivity index (χ3v) is 5.39. The average Bonchev–Trinajstić information content (AvgIpc) is 3.22. The van der Waals surface area contributed by atoms with E-state index in [2.05, 4.69) is 0 Å². The van der Waals surface area contributed by atoms with Gasteiger partial charge >= 0.3 is 0 Å². The van der Waals surface area contributed by atoms with Crippen molar-refractivity contribution in [1.29, 1.82) is 0 Å². The Hall–Kier alpha value is -2.24. The quantitative estimate of drug-likeness (QED) is 0.838. The third kappa shape index (κ3) is 2.70. The molecule has 2 fully saturated rings. The fourth-order valence-corrected chi connectivity index (χ4v) is 3.91. The predicted octanol–water partition coefficient (Wildman–Crippen LogP) is 1.28. The number of amides is 2. The van der Waals surface area contributed by atoms with E-state index in [1.165, 1.54) is 0 Å². The van der Waals surface area contributed by atoms with Gasteiger partial charge in [0.05, 0.1) is 5.92 Å². The van der Waals surface area contributed by atoms with Gasteiger partial charge in [0.2, 0.25) is 18.6 Å². The number of hydrogen-bond donors (Lipinski definition) is 0. The summed E-state index contributed by atoms with van der Waals surface area (Å²) in [5, 5.41) is 0. The van der Waals surface area contributed by atoms with Crippen LogP contribution < -0.4 is 9.47 Å². The topological polar surface area (TPSA) is 59.1 Å². The maximum Gasteiger partial charge on any atom is 0.231 e. The molecule has 1 aromatic carbocycles. The minimum atomic E-state index is -0.00163. The Balaban J connectivity index is 1.35.